The SMILES string of the molecule is O=C(CCc1ccc(S(=O)(=O)N2CCOCC2)cc1)Nc1cc(F)c(F)cc1F. The lowest BCUT2D eigenvalue weighted by Gasteiger charge is -2.26. The monoisotopic (exact) mass is 428 g/mol. The summed E-state index contributed by atoms with van der Waals surface area (Å²) < 4.78 is 71.3. The number of aryl methyl sites for hydroxylation is 1. The largest absolute Gasteiger partial charge is 0.379 e. The van der Waals surface area contributed by atoms with Gasteiger partial charge in [0, 0.05) is 31.6 Å². The number of nitrogens with one attached hydrogen (secondary N) is 1. The van der Waals surface area contributed by atoms with Gasteiger partial charge in [0.25, 0.3) is 0 Å². The van der Waals surface area contributed by atoms with Gasteiger partial charge in [0.15, 0.2) is 11.6 Å². The Bertz CT molecular complexity index is 991. The summed E-state index contributed by atoms with van der Waals surface area (Å²) in [7, 11) is -3.60. The molecule has 6 nitrogen and oxygen atoms in total. The van der Waals surface area contributed by atoms with E-state index >= 15 is 0 Å². The van der Waals surface area contributed by atoms with Gasteiger partial charge in [0.2, 0.25) is 15.9 Å². The molecule has 1 aliphatic rings. The molecule has 0 spiro atoms. The Labute approximate surface area is 166 Å². The lowest BCUT2D eigenvalue weighted by molar-refractivity contribution is -0.116. The number of amides is 1. The van der Waals surface area contributed by atoms with Crippen LogP contribution in [0, 0.1) is 17.5 Å². The zero-order chi connectivity index (χ0) is 21.0. The van der Waals surface area contributed by atoms with Crippen molar-refractivity contribution in [3.05, 3.63) is 59.4 Å². The molecule has 2 aromatic rings. The first-order valence-corrected chi connectivity index (χ1v) is 10.3. The summed E-state index contributed by atoms with van der Waals surface area (Å²) in [4.78, 5) is 12.1. The molecule has 0 radical (unpaired) electrons. The van der Waals surface area contributed by atoms with Crippen molar-refractivity contribution in [2.24, 2.45) is 0 Å². The van der Waals surface area contributed by atoms with Crippen LogP contribution in [0.15, 0.2) is 41.3 Å². The topological polar surface area (TPSA) is 75.7 Å². The van der Waals surface area contributed by atoms with E-state index in [0.29, 0.717) is 44.0 Å². The maximum absolute atomic E-state index is 13.6. The van der Waals surface area contributed by atoms with Gasteiger partial charge in [-0.25, -0.2) is 21.6 Å². The molecule has 0 bridgehead atoms. The minimum absolute atomic E-state index is 0.0476. The fourth-order valence-corrected chi connectivity index (χ4v) is 4.26. The first-order valence-electron chi connectivity index (χ1n) is 8.88. The lowest BCUT2D eigenvalue weighted by atomic mass is 10.1. The number of nitrogens with zero attached hydrogens (tertiary/aromatic N) is 1. The predicted octanol–water partition coefficient (Wildman–Crippen LogP) is 2.70. The summed E-state index contributed by atoms with van der Waals surface area (Å²) in [6, 6.07) is 7.06. The van der Waals surface area contributed by atoms with Crippen LogP contribution < -0.4 is 5.32 Å². The summed E-state index contributed by atoms with van der Waals surface area (Å²) in [5, 5.41) is 2.19. The van der Waals surface area contributed by atoms with Crippen molar-refractivity contribution in [2.45, 2.75) is 17.7 Å². The van der Waals surface area contributed by atoms with Gasteiger partial charge in [-0.2, -0.15) is 4.31 Å². The van der Waals surface area contributed by atoms with E-state index in [4.69, 9.17) is 4.74 Å². The Hall–Kier alpha value is -2.43. The van der Waals surface area contributed by atoms with Crippen LogP contribution in [0.5, 0.6) is 0 Å². The fraction of sp³-hybridized carbons (Fsp3) is 0.316. The minimum atomic E-state index is -3.60. The highest BCUT2D eigenvalue weighted by Gasteiger charge is 2.26. The van der Waals surface area contributed by atoms with Gasteiger partial charge in [0.05, 0.1) is 23.8 Å². The van der Waals surface area contributed by atoms with Crippen LogP contribution in [0.4, 0.5) is 18.9 Å². The van der Waals surface area contributed by atoms with Gasteiger partial charge in [-0.3, -0.25) is 4.79 Å². The molecule has 1 N–H and O–H groups in total. The van der Waals surface area contributed by atoms with E-state index in [0.717, 1.165) is 0 Å². The molecule has 0 atom stereocenters. The third-order valence-corrected chi connectivity index (χ3v) is 6.37. The molecule has 1 aliphatic heterocycles. The molecular weight excluding hydrogens is 409 g/mol. The normalized spacial score (nSPS) is 15.3. The van der Waals surface area contributed by atoms with E-state index < -0.39 is 39.1 Å². The maximum Gasteiger partial charge on any atom is 0.243 e. The van der Waals surface area contributed by atoms with Gasteiger partial charge in [-0.05, 0) is 24.1 Å². The highest BCUT2D eigenvalue weighted by atomic mass is 32.2. The fourth-order valence-electron chi connectivity index (χ4n) is 2.85. The Morgan fingerprint density at radius 3 is 2.28 bits per heavy atom. The van der Waals surface area contributed by atoms with E-state index in [9.17, 15) is 26.4 Å². The van der Waals surface area contributed by atoms with Crippen molar-refractivity contribution >= 4 is 21.6 Å². The zero-order valence-electron chi connectivity index (χ0n) is 15.3. The van der Waals surface area contributed by atoms with Crippen LogP contribution in [0.25, 0.3) is 0 Å². The quantitative estimate of drug-likeness (QED) is 0.718. The highest BCUT2D eigenvalue weighted by Crippen LogP contribution is 2.20. The number of sulfonamides is 1. The van der Waals surface area contributed by atoms with Crippen molar-refractivity contribution < 1.29 is 31.1 Å². The van der Waals surface area contributed by atoms with E-state index in [2.05, 4.69) is 5.32 Å². The average Bonchev–Trinajstić information content (AvgIpc) is 2.71. The van der Waals surface area contributed by atoms with Crippen LogP contribution in [0.3, 0.4) is 0 Å². The molecule has 2 aromatic carbocycles. The molecule has 1 saturated heterocycles. The number of rotatable bonds is 6. The van der Waals surface area contributed by atoms with E-state index in [-0.39, 0.29) is 17.7 Å². The maximum atomic E-state index is 13.6. The number of morpholine rings is 1. The average molecular weight is 428 g/mol. The molecule has 3 rings (SSSR count). The number of halogens is 3. The number of hydrogen-bond acceptors (Lipinski definition) is 4. The molecule has 0 aliphatic carbocycles. The molecule has 156 valence electrons. The van der Waals surface area contributed by atoms with Crippen molar-refractivity contribution in [1.29, 1.82) is 0 Å². The molecule has 1 heterocycles. The van der Waals surface area contributed by atoms with Gasteiger partial charge in [-0.1, -0.05) is 12.1 Å². The summed E-state index contributed by atoms with van der Waals surface area (Å²) in [5.74, 6) is -4.26. The molecule has 10 heteroatoms. The minimum Gasteiger partial charge on any atom is -0.379 e. The van der Waals surface area contributed by atoms with Crippen LogP contribution in [-0.4, -0.2) is 44.9 Å². The number of hydrogen-bond donors (Lipinski definition) is 1. The molecule has 0 saturated carbocycles. The summed E-state index contributed by atoms with van der Waals surface area (Å²) in [6.07, 6.45) is 0.211. The van der Waals surface area contributed by atoms with Crippen molar-refractivity contribution in [3.8, 4) is 0 Å². The Kier molecular flexibility index (Phi) is 6.56. The van der Waals surface area contributed by atoms with Gasteiger partial charge in [0.1, 0.15) is 5.82 Å². The van der Waals surface area contributed by atoms with Crippen molar-refractivity contribution in [1.82, 2.24) is 4.31 Å². The standard InChI is InChI=1S/C19H19F3N2O4S/c20-15-11-17(22)18(12-16(15)21)23-19(25)6-3-13-1-4-14(5-2-13)29(26,27)24-7-9-28-10-8-24/h1-2,4-5,11-12H,3,6-10H2,(H,23,25). The van der Waals surface area contributed by atoms with Crippen LogP contribution in [-0.2, 0) is 26.0 Å². The van der Waals surface area contributed by atoms with E-state index in [1.54, 1.807) is 12.1 Å². The molecule has 1 fully saturated rings. The Morgan fingerprint density at radius 2 is 1.62 bits per heavy atom. The first-order chi connectivity index (χ1) is 13.8. The second kappa shape index (κ2) is 8.93. The summed E-state index contributed by atoms with van der Waals surface area (Å²) >= 11 is 0. The molecule has 1 amide bonds. The smallest absolute Gasteiger partial charge is 0.243 e. The van der Waals surface area contributed by atoms with Crippen LogP contribution in [0.2, 0.25) is 0 Å². The molecule has 0 aromatic heterocycles. The summed E-state index contributed by atoms with van der Waals surface area (Å²) in [6.45, 7) is 1.30. The van der Waals surface area contributed by atoms with Gasteiger partial charge < -0.3 is 10.1 Å². The summed E-state index contributed by atoms with van der Waals surface area (Å²) in [5.41, 5.74) is 0.257. The second-order valence-corrected chi connectivity index (χ2v) is 8.39. The Morgan fingerprint density at radius 1 is 1.00 bits per heavy atom. The van der Waals surface area contributed by atoms with Gasteiger partial charge >= 0.3 is 0 Å². The Balaban J connectivity index is 1.59. The van der Waals surface area contributed by atoms with E-state index in [1.807, 2.05) is 0 Å². The van der Waals surface area contributed by atoms with Crippen molar-refractivity contribution in [2.75, 3.05) is 31.6 Å². The highest BCUT2D eigenvalue weighted by molar-refractivity contribution is 7.89. The number of ether oxygens (including phenoxy) is 1. The number of benzene rings is 2. The molecular formula is C19H19F3N2O4S. The zero-order valence-corrected chi connectivity index (χ0v) is 16.1. The van der Waals surface area contributed by atoms with Gasteiger partial charge in [-0.15, -0.1) is 0 Å². The van der Waals surface area contributed by atoms with Crippen molar-refractivity contribution in [3.63, 3.8) is 0 Å². The number of carbonyl (C=O) groups is 1. The third kappa shape index (κ3) is 5.14. The number of anilines is 1. The van der Waals surface area contributed by atoms with Crippen LogP contribution in [0.1, 0.15) is 12.0 Å². The number of carbonyl (C=O) groups excluding carboxylic acids is 1. The lowest BCUT2D eigenvalue weighted by Crippen LogP contribution is -2.40. The van der Waals surface area contributed by atoms with E-state index in [1.165, 1.54) is 16.4 Å². The van der Waals surface area contributed by atoms with Crippen LogP contribution >= 0.6 is 0 Å². The first kappa shape index (κ1) is 21.3. The molecule has 0 unspecified atom stereocenters. The second-order valence-electron chi connectivity index (χ2n) is 6.45. The molecule has 29 heavy (non-hydrogen) atoms. The third-order valence-electron chi connectivity index (χ3n) is 4.46. The predicted molar refractivity (Wildman–Crippen MR) is 99.3 cm³/mol.